The van der Waals surface area contributed by atoms with Gasteiger partial charge in [-0.2, -0.15) is 0 Å². The van der Waals surface area contributed by atoms with Crippen molar-refractivity contribution < 1.29 is 14.3 Å². The van der Waals surface area contributed by atoms with Gasteiger partial charge in [0, 0.05) is 18.2 Å². The lowest BCUT2D eigenvalue weighted by atomic mass is 10.0. The Morgan fingerprint density at radius 1 is 1.64 bits per heavy atom. The van der Waals surface area contributed by atoms with E-state index in [-0.39, 0.29) is 12.0 Å². The number of carbonyl (C=O) groups is 1. The van der Waals surface area contributed by atoms with Crippen LogP contribution >= 0.6 is 0 Å². The van der Waals surface area contributed by atoms with Crippen molar-refractivity contribution in [2.75, 3.05) is 0 Å². The van der Waals surface area contributed by atoms with Crippen molar-refractivity contribution in [1.82, 2.24) is 5.32 Å². The number of nitrogens with one attached hydrogen (secondary N) is 1. The van der Waals surface area contributed by atoms with Crippen LogP contribution in [0.3, 0.4) is 0 Å². The lowest BCUT2D eigenvalue weighted by Gasteiger charge is -2.16. The molecule has 0 fully saturated rings. The maximum atomic E-state index is 10.6. The number of furan rings is 1. The average molecular weight is 197 g/mol. The van der Waals surface area contributed by atoms with Gasteiger partial charge in [-0.3, -0.25) is 4.79 Å². The first-order valence-electron chi connectivity index (χ1n) is 4.58. The first-order chi connectivity index (χ1) is 6.61. The highest BCUT2D eigenvalue weighted by atomic mass is 16.4. The molecule has 0 aliphatic heterocycles. The van der Waals surface area contributed by atoms with Crippen molar-refractivity contribution in [2.24, 2.45) is 5.92 Å². The summed E-state index contributed by atoms with van der Waals surface area (Å²) in [6.07, 6.45) is 3.24. The summed E-state index contributed by atoms with van der Waals surface area (Å²) in [5.74, 6) is -1.17. The van der Waals surface area contributed by atoms with Crippen molar-refractivity contribution >= 4 is 5.97 Å². The third-order valence-electron chi connectivity index (χ3n) is 2.35. The SMILES string of the molecule is CC(NCc1ccoc1)C(C)C(=O)O. The minimum atomic E-state index is -0.780. The van der Waals surface area contributed by atoms with Crippen molar-refractivity contribution in [2.45, 2.75) is 26.4 Å². The van der Waals surface area contributed by atoms with E-state index in [0.29, 0.717) is 6.54 Å². The van der Waals surface area contributed by atoms with Gasteiger partial charge in [0.1, 0.15) is 0 Å². The molecule has 0 aliphatic rings. The highest BCUT2D eigenvalue weighted by Gasteiger charge is 2.18. The zero-order valence-electron chi connectivity index (χ0n) is 8.36. The molecule has 2 atom stereocenters. The van der Waals surface area contributed by atoms with Crippen LogP contribution in [0.25, 0.3) is 0 Å². The zero-order chi connectivity index (χ0) is 10.6. The van der Waals surface area contributed by atoms with Gasteiger partial charge in [-0.15, -0.1) is 0 Å². The maximum absolute atomic E-state index is 10.6. The average Bonchev–Trinajstić information content (AvgIpc) is 2.65. The summed E-state index contributed by atoms with van der Waals surface area (Å²) in [4.78, 5) is 10.6. The number of rotatable bonds is 5. The van der Waals surface area contributed by atoms with E-state index in [2.05, 4.69) is 5.32 Å². The second-order valence-corrected chi connectivity index (χ2v) is 3.43. The van der Waals surface area contributed by atoms with Crippen LogP contribution in [-0.2, 0) is 11.3 Å². The van der Waals surface area contributed by atoms with Gasteiger partial charge in [0.15, 0.2) is 0 Å². The third kappa shape index (κ3) is 2.88. The Bertz CT molecular complexity index is 282. The fourth-order valence-corrected chi connectivity index (χ4v) is 1.06. The predicted molar refractivity (Wildman–Crippen MR) is 51.8 cm³/mol. The Hall–Kier alpha value is -1.29. The van der Waals surface area contributed by atoms with E-state index in [0.717, 1.165) is 5.56 Å². The zero-order valence-corrected chi connectivity index (χ0v) is 8.36. The molecule has 0 saturated carbocycles. The standard InChI is InChI=1S/C10H15NO3/c1-7(10(12)13)8(2)11-5-9-3-4-14-6-9/h3-4,6-8,11H,5H2,1-2H3,(H,12,13). The number of hydrogen-bond donors (Lipinski definition) is 2. The van der Waals surface area contributed by atoms with Gasteiger partial charge in [0.05, 0.1) is 18.4 Å². The normalized spacial score (nSPS) is 15.0. The molecule has 0 spiro atoms. The van der Waals surface area contributed by atoms with Crippen molar-refractivity contribution in [3.8, 4) is 0 Å². The highest BCUT2D eigenvalue weighted by Crippen LogP contribution is 2.05. The van der Waals surface area contributed by atoms with E-state index < -0.39 is 5.97 Å². The van der Waals surface area contributed by atoms with E-state index in [1.807, 2.05) is 13.0 Å². The number of aliphatic carboxylic acids is 1. The molecule has 0 radical (unpaired) electrons. The molecule has 4 nitrogen and oxygen atoms in total. The van der Waals surface area contributed by atoms with Crippen LogP contribution < -0.4 is 5.32 Å². The van der Waals surface area contributed by atoms with Crippen LogP contribution in [0.2, 0.25) is 0 Å². The molecule has 0 amide bonds. The molecule has 0 saturated heterocycles. The van der Waals surface area contributed by atoms with E-state index in [9.17, 15) is 4.79 Å². The van der Waals surface area contributed by atoms with Crippen LogP contribution in [-0.4, -0.2) is 17.1 Å². The first kappa shape index (κ1) is 10.8. The molecule has 2 unspecified atom stereocenters. The summed E-state index contributed by atoms with van der Waals surface area (Å²) in [5.41, 5.74) is 1.02. The second kappa shape index (κ2) is 4.81. The summed E-state index contributed by atoms with van der Waals surface area (Å²) in [6, 6.07) is 1.80. The van der Waals surface area contributed by atoms with Crippen molar-refractivity contribution in [3.05, 3.63) is 24.2 Å². The van der Waals surface area contributed by atoms with E-state index in [1.54, 1.807) is 19.5 Å². The Kier molecular flexibility index (Phi) is 3.71. The van der Waals surface area contributed by atoms with Crippen molar-refractivity contribution in [3.63, 3.8) is 0 Å². The summed E-state index contributed by atoms with van der Waals surface area (Å²) in [5, 5.41) is 11.9. The summed E-state index contributed by atoms with van der Waals surface area (Å²) in [7, 11) is 0. The van der Waals surface area contributed by atoms with Crippen LogP contribution in [0.15, 0.2) is 23.0 Å². The molecule has 1 aromatic rings. The molecule has 1 aromatic heterocycles. The first-order valence-corrected chi connectivity index (χ1v) is 4.58. The quantitative estimate of drug-likeness (QED) is 0.750. The number of carboxylic acids is 1. The second-order valence-electron chi connectivity index (χ2n) is 3.43. The van der Waals surface area contributed by atoms with E-state index >= 15 is 0 Å². The minimum absolute atomic E-state index is 0.0533. The summed E-state index contributed by atoms with van der Waals surface area (Å²) in [6.45, 7) is 4.18. The minimum Gasteiger partial charge on any atom is -0.481 e. The van der Waals surface area contributed by atoms with Crippen LogP contribution in [0.5, 0.6) is 0 Å². The van der Waals surface area contributed by atoms with Gasteiger partial charge < -0.3 is 14.8 Å². The van der Waals surface area contributed by atoms with E-state index in [1.165, 1.54) is 0 Å². The van der Waals surface area contributed by atoms with Crippen molar-refractivity contribution in [1.29, 1.82) is 0 Å². The molecule has 0 bridgehead atoms. The van der Waals surface area contributed by atoms with Gasteiger partial charge in [-0.1, -0.05) is 6.92 Å². The fourth-order valence-electron chi connectivity index (χ4n) is 1.06. The predicted octanol–water partition coefficient (Wildman–Crippen LogP) is 1.48. The Morgan fingerprint density at radius 2 is 2.36 bits per heavy atom. The molecular weight excluding hydrogens is 182 g/mol. The molecule has 0 aromatic carbocycles. The molecule has 1 rings (SSSR count). The molecular formula is C10H15NO3. The molecule has 1 heterocycles. The Morgan fingerprint density at radius 3 is 2.86 bits per heavy atom. The molecule has 0 aliphatic carbocycles. The third-order valence-corrected chi connectivity index (χ3v) is 2.35. The van der Waals surface area contributed by atoms with Gasteiger partial charge in [-0.05, 0) is 13.0 Å². The maximum Gasteiger partial charge on any atom is 0.307 e. The van der Waals surface area contributed by atoms with Gasteiger partial charge >= 0.3 is 5.97 Å². The number of carboxylic acid groups (broad SMARTS) is 1. The molecule has 2 N–H and O–H groups in total. The van der Waals surface area contributed by atoms with Gasteiger partial charge in [0.25, 0.3) is 0 Å². The van der Waals surface area contributed by atoms with Crippen LogP contribution in [0, 0.1) is 5.92 Å². The monoisotopic (exact) mass is 197 g/mol. The Balaban J connectivity index is 2.34. The summed E-state index contributed by atoms with van der Waals surface area (Å²) < 4.78 is 4.90. The Labute approximate surface area is 82.9 Å². The fraction of sp³-hybridized carbons (Fsp3) is 0.500. The topological polar surface area (TPSA) is 62.5 Å². The molecule has 14 heavy (non-hydrogen) atoms. The molecule has 4 heteroatoms. The van der Waals surface area contributed by atoms with Gasteiger partial charge in [0.2, 0.25) is 0 Å². The lowest BCUT2D eigenvalue weighted by Crippen LogP contribution is -2.35. The largest absolute Gasteiger partial charge is 0.481 e. The smallest absolute Gasteiger partial charge is 0.307 e. The van der Waals surface area contributed by atoms with Crippen LogP contribution in [0.4, 0.5) is 0 Å². The lowest BCUT2D eigenvalue weighted by molar-refractivity contribution is -0.141. The summed E-state index contributed by atoms with van der Waals surface area (Å²) >= 11 is 0. The number of hydrogen-bond acceptors (Lipinski definition) is 3. The molecule has 78 valence electrons. The van der Waals surface area contributed by atoms with Gasteiger partial charge in [-0.25, -0.2) is 0 Å². The van der Waals surface area contributed by atoms with E-state index in [4.69, 9.17) is 9.52 Å². The van der Waals surface area contributed by atoms with Crippen LogP contribution in [0.1, 0.15) is 19.4 Å². The highest BCUT2D eigenvalue weighted by molar-refractivity contribution is 5.70.